The van der Waals surface area contributed by atoms with Gasteiger partial charge in [-0.1, -0.05) is 15.9 Å². The number of imidazole rings is 1. The predicted molar refractivity (Wildman–Crippen MR) is 85.3 cm³/mol. The van der Waals surface area contributed by atoms with Gasteiger partial charge in [-0.05, 0) is 48.0 Å². The van der Waals surface area contributed by atoms with E-state index in [9.17, 15) is 4.39 Å². The molecule has 3 aromatic rings. The van der Waals surface area contributed by atoms with Crippen LogP contribution in [-0.2, 0) is 6.54 Å². The van der Waals surface area contributed by atoms with Gasteiger partial charge < -0.3 is 10.3 Å². The van der Waals surface area contributed by atoms with Gasteiger partial charge in [0.15, 0.2) is 0 Å². The van der Waals surface area contributed by atoms with Gasteiger partial charge in [-0.2, -0.15) is 0 Å². The van der Waals surface area contributed by atoms with Gasteiger partial charge in [0.2, 0.25) is 0 Å². The van der Waals surface area contributed by atoms with Crippen LogP contribution in [0.1, 0.15) is 5.56 Å². The Hall–Kier alpha value is -2.14. The molecule has 0 unspecified atom stereocenters. The first kappa shape index (κ1) is 13.8. The van der Waals surface area contributed by atoms with Crippen molar-refractivity contribution in [2.45, 2.75) is 6.54 Å². The van der Waals surface area contributed by atoms with Crippen molar-refractivity contribution in [3.05, 3.63) is 70.7 Å². The van der Waals surface area contributed by atoms with E-state index in [2.05, 4.69) is 20.9 Å². The Bertz CT molecular complexity index is 765. The van der Waals surface area contributed by atoms with Gasteiger partial charge in [-0.15, -0.1) is 0 Å². The zero-order valence-electron chi connectivity index (χ0n) is 11.1. The molecule has 0 fully saturated rings. The number of halogens is 2. The normalized spacial score (nSPS) is 10.8. The molecule has 3 nitrogen and oxygen atoms in total. The Labute approximate surface area is 130 Å². The van der Waals surface area contributed by atoms with Crippen molar-refractivity contribution in [1.82, 2.24) is 9.55 Å². The van der Waals surface area contributed by atoms with Crippen LogP contribution in [0.2, 0.25) is 0 Å². The van der Waals surface area contributed by atoms with Crippen LogP contribution in [-0.4, -0.2) is 9.55 Å². The molecule has 0 aliphatic carbocycles. The SMILES string of the molecule is Nc1ccc(-c2nccn2Cc2cc(F)ccc2Br)cc1. The molecule has 0 atom stereocenters. The maximum Gasteiger partial charge on any atom is 0.140 e. The second-order valence-corrected chi connectivity index (χ2v) is 5.59. The summed E-state index contributed by atoms with van der Waals surface area (Å²) < 4.78 is 16.2. The van der Waals surface area contributed by atoms with Gasteiger partial charge in [0.1, 0.15) is 11.6 Å². The zero-order valence-corrected chi connectivity index (χ0v) is 12.7. The summed E-state index contributed by atoms with van der Waals surface area (Å²) in [7, 11) is 0. The highest BCUT2D eigenvalue weighted by atomic mass is 79.9. The summed E-state index contributed by atoms with van der Waals surface area (Å²) in [5, 5.41) is 0. The number of anilines is 1. The molecule has 1 aromatic heterocycles. The summed E-state index contributed by atoms with van der Waals surface area (Å²) in [6.07, 6.45) is 3.61. The Morgan fingerprint density at radius 2 is 1.90 bits per heavy atom. The van der Waals surface area contributed by atoms with Crippen LogP contribution in [0.5, 0.6) is 0 Å². The lowest BCUT2D eigenvalue weighted by molar-refractivity contribution is 0.623. The predicted octanol–water partition coefficient (Wildman–Crippen LogP) is 4.08. The maximum absolute atomic E-state index is 13.4. The minimum Gasteiger partial charge on any atom is -0.399 e. The van der Waals surface area contributed by atoms with Crippen molar-refractivity contribution in [3.63, 3.8) is 0 Å². The Balaban J connectivity index is 1.96. The highest BCUT2D eigenvalue weighted by Gasteiger charge is 2.09. The number of benzene rings is 2. The van der Waals surface area contributed by atoms with Crippen molar-refractivity contribution >= 4 is 21.6 Å². The highest BCUT2D eigenvalue weighted by Crippen LogP contribution is 2.23. The molecule has 21 heavy (non-hydrogen) atoms. The van der Waals surface area contributed by atoms with Crippen LogP contribution in [0.25, 0.3) is 11.4 Å². The lowest BCUT2D eigenvalue weighted by atomic mass is 10.2. The molecule has 3 rings (SSSR count). The molecule has 0 radical (unpaired) electrons. The third-order valence-electron chi connectivity index (χ3n) is 3.23. The fourth-order valence-electron chi connectivity index (χ4n) is 2.18. The third kappa shape index (κ3) is 2.97. The standard InChI is InChI=1S/C16H13BrFN3/c17-15-6-3-13(18)9-12(15)10-21-8-7-20-16(21)11-1-4-14(19)5-2-11/h1-9H,10,19H2. The van der Waals surface area contributed by atoms with Crippen molar-refractivity contribution in [2.24, 2.45) is 0 Å². The van der Waals surface area contributed by atoms with Crippen molar-refractivity contribution in [3.8, 4) is 11.4 Å². The molecule has 0 bridgehead atoms. The molecule has 2 aromatic carbocycles. The Kier molecular flexibility index (Phi) is 3.75. The molecule has 0 amide bonds. The van der Waals surface area contributed by atoms with Gasteiger partial charge in [0.25, 0.3) is 0 Å². The minimum absolute atomic E-state index is 0.248. The van der Waals surface area contributed by atoms with E-state index in [1.807, 2.05) is 35.0 Å². The summed E-state index contributed by atoms with van der Waals surface area (Å²) in [6, 6.07) is 12.2. The number of nitrogen functional groups attached to an aromatic ring is 1. The van der Waals surface area contributed by atoms with E-state index in [4.69, 9.17) is 5.73 Å². The van der Waals surface area contributed by atoms with E-state index in [1.54, 1.807) is 12.3 Å². The van der Waals surface area contributed by atoms with Crippen LogP contribution >= 0.6 is 15.9 Å². The van der Waals surface area contributed by atoms with Gasteiger partial charge in [-0.25, -0.2) is 9.37 Å². The van der Waals surface area contributed by atoms with E-state index in [-0.39, 0.29) is 5.82 Å². The van der Waals surface area contributed by atoms with Gasteiger partial charge in [-0.3, -0.25) is 0 Å². The van der Waals surface area contributed by atoms with Crippen LogP contribution in [0.4, 0.5) is 10.1 Å². The van der Waals surface area contributed by atoms with Crippen molar-refractivity contribution in [2.75, 3.05) is 5.73 Å². The summed E-state index contributed by atoms with van der Waals surface area (Å²) in [5.41, 5.74) is 8.26. The Morgan fingerprint density at radius 1 is 1.14 bits per heavy atom. The number of nitrogens with two attached hydrogens (primary N) is 1. The molecule has 0 saturated carbocycles. The first-order chi connectivity index (χ1) is 10.1. The first-order valence-corrected chi connectivity index (χ1v) is 7.24. The fraction of sp³-hybridized carbons (Fsp3) is 0.0625. The monoisotopic (exact) mass is 345 g/mol. The molecule has 0 spiro atoms. The number of nitrogens with zero attached hydrogens (tertiary/aromatic N) is 2. The largest absolute Gasteiger partial charge is 0.399 e. The van der Waals surface area contributed by atoms with Gasteiger partial charge in [0.05, 0.1) is 6.54 Å². The molecule has 2 N–H and O–H groups in total. The molecule has 0 saturated heterocycles. The second-order valence-electron chi connectivity index (χ2n) is 4.74. The topological polar surface area (TPSA) is 43.8 Å². The molecule has 106 valence electrons. The molecule has 5 heteroatoms. The average Bonchev–Trinajstić information content (AvgIpc) is 2.92. The number of hydrogen-bond acceptors (Lipinski definition) is 2. The zero-order chi connectivity index (χ0) is 14.8. The molecule has 0 aliphatic heterocycles. The lowest BCUT2D eigenvalue weighted by Gasteiger charge is -2.10. The molecule has 1 heterocycles. The highest BCUT2D eigenvalue weighted by molar-refractivity contribution is 9.10. The van der Waals surface area contributed by atoms with Crippen LogP contribution in [0.15, 0.2) is 59.3 Å². The number of rotatable bonds is 3. The van der Waals surface area contributed by atoms with Gasteiger partial charge >= 0.3 is 0 Å². The van der Waals surface area contributed by atoms with E-state index in [0.29, 0.717) is 12.2 Å². The number of aromatic nitrogens is 2. The lowest BCUT2D eigenvalue weighted by Crippen LogP contribution is -2.02. The van der Waals surface area contributed by atoms with Crippen molar-refractivity contribution in [1.29, 1.82) is 0 Å². The summed E-state index contributed by atoms with van der Waals surface area (Å²) >= 11 is 3.45. The quantitative estimate of drug-likeness (QED) is 0.726. The second kappa shape index (κ2) is 5.69. The number of hydrogen-bond donors (Lipinski definition) is 1. The van der Waals surface area contributed by atoms with Gasteiger partial charge in [0, 0.05) is 28.1 Å². The molecular weight excluding hydrogens is 333 g/mol. The maximum atomic E-state index is 13.4. The van der Waals surface area contributed by atoms with Crippen molar-refractivity contribution < 1.29 is 4.39 Å². The van der Waals surface area contributed by atoms with Crippen LogP contribution in [0.3, 0.4) is 0 Å². The van der Waals surface area contributed by atoms with E-state index in [0.717, 1.165) is 21.4 Å². The summed E-state index contributed by atoms with van der Waals surface area (Å²) in [4.78, 5) is 4.38. The van der Waals surface area contributed by atoms with E-state index >= 15 is 0 Å². The van der Waals surface area contributed by atoms with E-state index in [1.165, 1.54) is 12.1 Å². The summed E-state index contributed by atoms with van der Waals surface area (Å²) in [6.45, 7) is 0.540. The van der Waals surface area contributed by atoms with Crippen LogP contribution in [0, 0.1) is 5.82 Å². The minimum atomic E-state index is -0.248. The molecular formula is C16H13BrFN3. The molecule has 0 aliphatic rings. The first-order valence-electron chi connectivity index (χ1n) is 6.44. The fourth-order valence-corrected chi connectivity index (χ4v) is 2.55. The third-order valence-corrected chi connectivity index (χ3v) is 4.01. The van der Waals surface area contributed by atoms with Crippen LogP contribution < -0.4 is 5.73 Å². The Morgan fingerprint density at radius 3 is 2.67 bits per heavy atom. The van der Waals surface area contributed by atoms with E-state index < -0.39 is 0 Å². The average molecular weight is 346 g/mol. The summed E-state index contributed by atoms with van der Waals surface area (Å²) in [5.74, 6) is 0.577. The smallest absolute Gasteiger partial charge is 0.140 e.